The van der Waals surface area contributed by atoms with Gasteiger partial charge in [-0.3, -0.25) is 4.98 Å². The molecule has 1 atom stereocenters. The molecule has 2 aromatic heterocycles. The predicted octanol–water partition coefficient (Wildman–Crippen LogP) is 3.81. The van der Waals surface area contributed by atoms with Crippen molar-refractivity contribution >= 4 is 21.6 Å². The maximum absolute atomic E-state index is 4.73. The molecule has 0 radical (unpaired) electrons. The second-order valence-electron chi connectivity index (χ2n) is 5.30. The summed E-state index contributed by atoms with van der Waals surface area (Å²) in [7, 11) is 2.00. The molecule has 1 aromatic carbocycles. The summed E-state index contributed by atoms with van der Waals surface area (Å²) in [5.41, 5.74) is 4.50. The first kappa shape index (κ1) is 14.2. The third kappa shape index (κ3) is 3.12. The van der Waals surface area contributed by atoms with Crippen LogP contribution in [0.4, 0.5) is 0 Å². The topological polar surface area (TPSA) is 37.8 Å². The fourth-order valence-corrected chi connectivity index (χ4v) is 3.65. The van der Waals surface area contributed by atoms with Crippen LogP contribution >= 0.6 is 11.3 Å². The van der Waals surface area contributed by atoms with E-state index in [0.29, 0.717) is 0 Å². The molecule has 2 heterocycles. The molecule has 108 valence electrons. The third-order valence-corrected chi connectivity index (χ3v) is 4.63. The van der Waals surface area contributed by atoms with Crippen molar-refractivity contribution in [3.05, 3.63) is 58.4 Å². The molecule has 0 aliphatic heterocycles. The van der Waals surface area contributed by atoms with Crippen LogP contribution in [0.2, 0.25) is 0 Å². The van der Waals surface area contributed by atoms with Gasteiger partial charge in [-0.2, -0.15) is 0 Å². The molecule has 0 saturated heterocycles. The number of benzene rings is 1. The van der Waals surface area contributed by atoms with Gasteiger partial charge in [0.25, 0.3) is 0 Å². The molecule has 1 unspecified atom stereocenters. The van der Waals surface area contributed by atoms with Gasteiger partial charge in [0.05, 0.1) is 15.2 Å². The number of para-hydroxylation sites is 1. The molecular weight excluding hydrogens is 278 g/mol. The van der Waals surface area contributed by atoms with E-state index in [1.54, 1.807) is 11.3 Å². The van der Waals surface area contributed by atoms with Crippen molar-refractivity contribution in [3.8, 4) is 0 Å². The van der Waals surface area contributed by atoms with Crippen LogP contribution < -0.4 is 5.32 Å². The lowest BCUT2D eigenvalue weighted by Crippen LogP contribution is -2.19. The number of aryl methyl sites for hydroxylation is 2. The second-order valence-corrected chi connectivity index (χ2v) is 6.42. The highest BCUT2D eigenvalue weighted by molar-refractivity contribution is 7.18. The fourth-order valence-electron chi connectivity index (χ4n) is 2.64. The fraction of sp³-hybridized carbons (Fsp3) is 0.294. The number of thiazole rings is 1. The highest BCUT2D eigenvalue weighted by atomic mass is 32.1. The van der Waals surface area contributed by atoms with Gasteiger partial charge in [-0.15, -0.1) is 11.3 Å². The van der Waals surface area contributed by atoms with Gasteiger partial charge in [0, 0.05) is 23.9 Å². The van der Waals surface area contributed by atoms with Crippen LogP contribution in [0, 0.1) is 13.8 Å². The minimum Gasteiger partial charge on any atom is -0.313 e. The number of hydrogen-bond acceptors (Lipinski definition) is 4. The molecule has 0 spiro atoms. The zero-order valence-electron chi connectivity index (χ0n) is 12.6. The molecule has 3 nitrogen and oxygen atoms in total. The number of fused-ring (bicyclic) bond motifs is 1. The first-order valence-corrected chi connectivity index (χ1v) is 7.94. The molecular formula is C17H19N3S. The Morgan fingerprint density at radius 1 is 1.10 bits per heavy atom. The predicted molar refractivity (Wildman–Crippen MR) is 88.8 cm³/mol. The van der Waals surface area contributed by atoms with E-state index in [9.17, 15) is 0 Å². The van der Waals surface area contributed by atoms with Gasteiger partial charge in [0.2, 0.25) is 0 Å². The average molecular weight is 297 g/mol. The summed E-state index contributed by atoms with van der Waals surface area (Å²) < 4.78 is 1.25. The molecule has 0 aliphatic rings. The van der Waals surface area contributed by atoms with E-state index in [4.69, 9.17) is 4.98 Å². The number of nitrogens with one attached hydrogen (secondary N) is 1. The van der Waals surface area contributed by atoms with Crippen LogP contribution in [0.5, 0.6) is 0 Å². The van der Waals surface area contributed by atoms with Crippen molar-refractivity contribution in [1.82, 2.24) is 15.3 Å². The van der Waals surface area contributed by atoms with E-state index < -0.39 is 0 Å². The maximum atomic E-state index is 4.73. The number of likely N-dealkylation sites (N-methyl/N-ethyl adjacent to an activating group) is 1. The summed E-state index contributed by atoms with van der Waals surface area (Å²) >= 11 is 1.78. The highest BCUT2D eigenvalue weighted by Gasteiger charge is 2.14. The average Bonchev–Trinajstić information content (AvgIpc) is 2.86. The smallest absolute Gasteiger partial charge is 0.0957 e. The van der Waals surface area contributed by atoms with Gasteiger partial charge < -0.3 is 5.32 Å². The van der Waals surface area contributed by atoms with E-state index in [2.05, 4.69) is 40.6 Å². The van der Waals surface area contributed by atoms with Crippen LogP contribution in [-0.4, -0.2) is 17.0 Å². The van der Waals surface area contributed by atoms with E-state index >= 15 is 0 Å². The summed E-state index contributed by atoms with van der Waals surface area (Å²) in [5.74, 6) is 0. The van der Waals surface area contributed by atoms with Gasteiger partial charge in [-0.05, 0) is 50.7 Å². The Kier molecular flexibility index (Phi) is 3.99. The van der Waals surface area contributed by atoms with Gasteiger partial charge in [-0.25, -0.2) is 4.98 Å². The molecule has 4 heteroatoms. The van der Waals surface area contributed by atoms with E-state index in [0.717, 1.165) is 23.3 Å². The Balaban J connectivity index is 1.89. The molecule has 1 N–H and O–H groups in total. The van der Waals surface area contributed by atoms with Crippen molar-refractivity contribution in [3.63, 3.8) is 0 Å². The Morgan fingerprint density at radius 2 is 1.81 bits per heavy atom. The van der Waals surface area contributed by atoms with E-state index in [1.165, 1.54) is 15.3 Å². The normalized spacial score (nSPS) is 12.7. The van der Waals surface area contributed by atoms with Crippen LogP contribution in [0.15, 0.2) is 36.4 Å². The minimum atomic E-state index is 0.269. The zero-order valence-corrected chi connectivity index (χ0v) is 13.4. The SMILES string of the molecule is CNC(Cc1nc2ccccc2s1)c1cc(C)nc(C)c1. The molecule has 3 aromatic rings. The summed E-state index contributed by atoms with van der Waals surface area (Å²) in [6.07, 6.45) is 0.902. The van der Waals surface area contributed by atoms with Gasteiger partial charge in [-0.1, -0.05) is 12.1 Å². The van der Waals surface area contributed by atoms with Crippen LogP contribution in [0.3, 0.4) is 0 Å². The van der Waals surface area contributed by atoms with Gasteiger partial charge >= 0.3 is 0 Å². The Bertz CT molecular complexity index is 710. The van der Waals surface area contributed by atoms with Crippen LogP contribution in [0.25, 0.3) is 10.2 Å². The lowest BCUT2D eigenvalue weighted by atomic mass is 10.0. The Labute approximate surface area is 129 Å². The standard InChI is InChI=1S/C17H19N3S/c1-11-8-13(9-12(2)19-11)15(18-3)10-17-20-14-6-4-5-7-16(14)21-17/h4-9,15,18H,10H2,1-3H3. The Morgan fingerprint density at radius 3 is 2.48 bits per heavy atom. The highest BCUT2D eigenvalue weighted by Crippen LogP contribution is 2.26. The summed E-state index contributed by atoms with van der Waals surface area (Å²) in [6.45, 7) is 4.09. The number of nitrogens with zero attached hydrogens (tertiary/aromatic N) is 2. The van der Waals surface area contributed by atoms with Crippen molar-refractivity contribution in [2.45, 2.75) is 26.3 Å². The summed E-state index contributed by atoms with van der Waals surface area (Å²) in [6, 6.07) is 12.9. The molecule has 0 fully saturated rings. The largest absolute Gasteiger partial charge is 0.313 e. The molecule has 0 aliphatic carbocycles. The van der Waals surface area contributed by atoms with E-state index in [1.807, 2.05) is 27.0 Å². The van der Waals surface area contributed by atoms with Gasteiger partial charge in [0.1, 0.15) is 0 Å². The summed E-state index contributed by atoms with van der Waals surface area (Å²) in [5, 5.41) is 4.57. The second kappa shape index (κ2) is 5.92. The van der Waals surface area contributed by atoms with Gasteiger partial charge in [0.15, 0.2) is 0 Å². The molecule has 21 heavy (non-hydrogen) atoms. The number of hydrogen-bond donors (Lipinski definition) is 1. The van der Waals surface area contributed by atoms with Crippen molar-refractivity contribution in [1.29, 1.82) is 0 Å². The van der Waals surface area contributed by atoms with E-state index in [-0.39, 0.29) is 6.04 Å². The lowest BCUT2D eigenvalue weighted by Gasteiger charge is -2.16. The van der Waals surface area contributed by atoms with Crippen molar-refractivity contribution < 1.29 is 0 Å². The first-order valence-electron chi connectivity index (χ1n) is 7.12. The van der Waals surface area contributed by atoms with Crippen LogP contribution in [-0.2, 0) is 6.42 Å². The molecule has 0 bridgehead atoms. The number of pyridine rings is 1. The van der Waals surface area contributed by atoms with Crippen molar-refractivity contribution in [2.75, 3.05) is 7.05 Å². The number of rotatable bonds is 4. The Hall–Kier alpha value is -1.78. The van der Waals surface area contributed by atoms with Crippen LogP contribution in [0.1, 0.15) is 28.0 Å². The summed E-state index contributed by atoms with van der Waals surface area (Å²) in [4.78, 5) is 9.19. The molecule has 3 rings (SSSR count). The third-order valence-electron chi connectivity index (χ3n) is 3.57. The first-order chi connectivity index (χ1) is 10.2. The zero-order chi connectivity index (χ0) is 14.8. The maximum Gasteiger partial charge on any atom is 0.0957 e. The quantitative estimate of drug-likeness (QED) is 0.795. The monoisotopic (exact) mass is 297 g/mol. The molecule has 0 saturated carbocycles. The van der Waals surface area contributed by atoms with Crippen molar-refractivity contribution in [2.24, 2.45) is 0 Å². The molecule has 0 amide bonds. The number of aromatic nitrogens is 2. The lowest BCUT2D eigenvalue weighted by molar-refractivity contribution is 0.589. The minimum absolute atomic E-state index is 0.269.